The molecule has 3 nitrogen and oxygen atoms in total. The van der Waals surface area contributed by atoms with Gasteiger partial charge in [0.2, 0.25) is 5.91 Å². The highest BCUT2D eigenvalue weighted by molar-refractivity contribution is 5.75. The summed E-state index contributed by atoms with van der Waals surface area (Å²) in [6.07, 6.45) is 2.40. The van der Waals surface area contributed by atoms with Crippen molar-refractivity contribution in [3.8, 4) is 5.75 Å². The van der Waals surface area contributed by atoms with Gasteiger partial charge in [0.25, 0.3) is 0 Å². The van der Waals surface area contributed by atoms with Gasteiger partial charge in [-0.25, -0.2) is 0 Å². The van der Waals surface area contributed by atoms with Crippen LogP contribution >= 0.6 is 0 Å². The van der Waals surface area contributed by atoms with Crippen molar-refractivity contribution in [2.75, 3.05) is 13.2 Å². The van der Waals surface area contributed by atoms with Gasteiger partial charge in [0, 0.05) is 6.54 Å². The molecule has 1 rings (SSSR count). The van der Waals surface area contributed by atoms with Crippen LogP contribution in [0.1, 0.15) is 32.3 Å². The van der Waals surface area contributed by atoms with Crippen LogP contribution < -0.4 is 10.1 Å². The quantitative estimate of drug-likeness (QED) is 0.788. The third-order valence-corrected chi connectivity index (χ3v) is 2.50. The van der Waals surface area contributed by atoms with Crippen LogP contribution in [0.4, 0.5) is 0 Å². The number of carbonyl (C=O) groups excluding carboxylic acids is 1. The lowest BCUT2D eigenvalue weighted by Crippen LogP contribution is -2.25. The lowest BCUT2D eigenvalue weighted by molar-refractivity contribution is -0.121. The molecule has 3 heteroatoms. The Morgan fingerprint density at radius 2 is 1.94 bits per heavy atom. The van der Waals surface area contributed by atoms with Crippen LogP contribution in [0, 0.1) is 0 Å². The fraction of sp³-hybridized carbons (Fsp3) is 0.500. The highest BCUT2D eigenvalue weighted by Crippen LogP contribution is 2.12. The molecule has 1 N–H and O–H groups in total. The topological polar surface area (TPSA) is 38.3 Å². The number of ether oxygens (including phenoxy) is 1. The molecule has 0 aliphatic rings. The minimum Gasteiger partial charge on any atom is -0.493 e. The van der Waals surface area contributed by atoms with Crippen molar-refractivity contribution in [1.82, 2.24) is 5.32 Å². The maximum atomic E-state index is 11.3. The summed E-state index contributed by atoms with van der Waals surface area (Å²) >= 11 is 0. The van der Waals surface area contributed by atoms with Gasteiger partial charge in [-0.3, -0.25) is 4.79 Å². The highest BCUT2D eigenvalue weighted by Gasteiger charge is 2.00. The fourth-order valence-corrected chi connectivity index (χ4v) is 1.44. The summed E-state index contributed by atoms with van der Waals surface area (Å²) in [7, 11) is 0. The molecule has 0 fully saturated rings. The zero-order valence-corrected chi connectivity index (χ0v) is 10.7. The molecule has 17 heavy (non-hydrogen) atoms. The van der Waals surface area contributed by atoms with Crippen LogP contribution in [-0.2, 0) is 11.2 Å². The van der Waals surface area contributed by atoms with Gasteiger partial charge in [0.1, 0.15) is 5.75 Å². The Labute approximate surface area is 103 Å². The van der Waals surface area contributed by atoms with Gasteiger partial charge < -0.3 is 10.1 Å². The molecule has 0 heterocycles. The molecule has 0 saturated carbocycles. The first-order valence-electron chi connectivity index (χ1n) is 6.24. The highest BCUT2D eigenvalue weighted by atomic mass is 16.5. The standard InChI is InChI=1S/C14H21NO2/c1-3-10-15-14(16)9-11-17-13-7-5-12(4-2)6-8-13/h5-8H,3-4,9-11H2,1-2H3,(H,15,16). The predicted molar refractivity (Wildman–Crippen MR) is 69.2 cm³/mol. The van der Waals surface area contributed by atoms with Crippen LogP contribution in [-0.4, -0.2) is 19.1 Å². The third kappa shape index (κ3) is 5.38. The normalized spacial score (nSPS) is 10.0. The first-order chi connectivity index (χ1) is 8.26. The number of hydrogen-bond acceptors (Lipinski definition) is 2. The summed E-state index contributed by atoms with van der Waals surface area (Å²) in [5.41, 5.74) is 1.29. The van der Waals surface area contributed by atoms with Gasteiger partial charge >= 0.3 is 0 Å². The average Bonchev–Trinajstić information content (AvgIpc) is 2.37. The second kappa shape index (κ2) is 7.71. The van der Waals surface area contributed by atoms with Crippen LogP contribution in [0.2, 0.25) is 0 Å². The maximum absolute atomic E-state index is 11.3. The van der Waals surface area contributed by atoms with E-state index < -0.39 is 0 Å². The number of carbonyl (C=O) groups is 1. The van der Waals surface area contributed by atoms with Crippen molar-refractivity contribution in [2.24, 2.45) is 0 Å². The molecular formula is C14H21NO2. The second-order valence-electron chi connectivity index (χ2n) is 3.95. The van der Waals surface area contributed by atoms with Gasteiger partial charge in [-0.15, -0.1) is 0 Å². The number of aryl methyl sites for hydroxylation is 1. The van der Waals surface area contributed by atoms with E-state index in [1.807, 2.05) is 31.2 Å². The summed E-state index contributed by atoms with van der Waals surface area (Å²) in [5, 5.41) is 2.82. The summed E-state index contributed by atoms with van der Waals surface area (Å²) in [6.45, 7) is 5.32. The summed E-state index contributed by atoms with van der Waals surface area (Å²) < 4.78 is 5.50. The van der Waals surface area contributed by atoms with E-state index in [1.54, 1.807) is 0 Å². The van der Waals surface area contributed by atoms with Crippen molar-refractivity contribution in [3.63, 3.8) is 0 Å². The van der Waals surface area contributed by atoms with Crippen molar-refractivity contribution < 1.29 is 9.53 Å². The molecule has 0 spiro atoms. The first-order valence-corrected chi connectivity index (χ1v) is 6.24. The Hall–Kier alpha value is -1.51. The van der Waals surface area contributed by atoms with Gasteiger partial charge in [-0.1, -0.05) is 26.0 Å². The molecule has 0 radical (unpaired) electrons. The molecule has 0 bridgehead atoms. The number of hydrogen-bond donors (Lipinski definition) is 1. The molecular weight excluding hydrogens is 214 g/mol. The van der Waals surface area contributed by atoms with Crippen LogP contribution in [0.3, 0.4) is 0 Å². The molecule has 1 aromatic rings. The molecule has 94 valence electrons. The van der Waals surface area contributed by atoms with Crippen molar-refractivity contribution in [1.29, 1.82) is 0 Å². The van der Waals surface area contributed by atoms with E-state index in [4.69, 9.17) is 4.74 Å². The molecule has 0 atom stereocenters. The smallest absolute Gasteiger partial charge is 0.223 e. The van der Waals surface area contributed by atoms with E-state index >= 15 is 0 Å². The van der Waals surface area contributed by atoms with Crippen LogP contribution in [0.15, 0.2) is 24.3 Å². The minimum atomic E-state index is 0.0528. The largest absolute Gasteiger partial charge is 0.493 e. The van der Waals surface area contributed by atoms with Gasteiger partial charge in [-0.05, 0) is 30.5 Å². The minimum absolute atomic E-state index is 0.0528. The SMILES string of the molecule is CCCNC(=O)CCOc1ccc(CC)cc1. The van der Waals surface area contributed by atoms with Crippen molar-refractivity contribution in [2.45, 2.75) is 33.1 Å². The van der Waals surface area contributed by atoms with E-state index in [2.05, 4.69) is 12.2 Å². The van der Waals surface area contributed by atoms with Gasteiger partial charge in [0.05, 0.1) is 13.0 Å². The lowest BCUT2D eigenvalue weighted by atomic mass is 10.2. The van der Waals surface area contributed by atoms with Gasteiger partial charge in [0.15, 0.2) is 0 Å². The maximum Gasteiger partial charge on any atom is 0.223 e. The van der Waals surface area contributed by atoms with E-state index in [0.717, 1.165) is 25.1 Å². The van der Waals surface area contributed by atoms with Crippen LogP contribution in [0.25, 0.3) is 0 Å². The molecule has 0 unspecified atom stereocenters. The first kappa shape index (κ1) is 13.6. The molecule has 0 saturated heterocycles. The van der Waals surface area contributed by atoms with Crippen LogP contribution in [0.5, 0.6) is 5.75 Å². The Balaban J connectivity index is 2.23. The molecule has 0 aromatic heterocycles. The van der Waals surface area contributed by atoms with Crippen molar-refractivity contribution in [3.05, 3.63) is 29.8 Å². The molecule has 0 aliphatic carbocycles. The summed E-state index contributed by atoms with van der Waals surface area (Å²) in [6, 6.07) is 7.99. The Morgan fingerprint density at radius 3 is 2.53 bits per heavy atom. The van der Waals surface area contributed by atoms with Gasteiger partial charge in [-0.2, -0.15) is 0 Å². The lowest BCUT2D eigenvalue weighted by Gasteiger charge is -2.07. The molecule has 0 aliphatic heterocycles. The Morgan fingerprint density at radius 1 is 1.24 bits per heavy atom. The number of benzene rings is 1. The Bertz CT molecular complexity index is 333. The third-order valence-electron chi connectivity index (χ3n) is 2.50. The zero-order valence-electron chi connectivity index (χ0n) is 10.7. The zero-order chi connectivity index (χ0) is 12.5. The number of amides is 1. The van der Waals surface area contributed by atoms with E-state index in [-0.39, 0.29) is 5.91 Å². The number of nitrogens with one attached hydrogen (secondary N) is 1. The predicted octanol–water partition coefficient (Wildman–Crippen LogP) is 2.54. The summed E-state index contributed by atoms with van der Waals surface area (Å²) in [5.74, 6) is 0.877. The number of rotatable bonds is 7. The molecule has 1 aromatic carbocycles. The van der Waals surface area contributed by atoms with E-state index in [9.17, 15) is 4.79 Å². The van der Waals surface area contributed by atoms with Crippen molar-refractivity contribution >= 4 is 5.91 Å². The Kier molecular flexibility index (Phi) is 6.15. The second-order valence-corrected chi connectivity index (χ2v) is 3.95. The average molecular weight is 235 g/mol. The monoisotopic (exact) mass is 235 g/mol. The fourth-order valence-electron chi connectivity index (χ4n) is 1.44. The van der Waals surface area contributed by atoms with E-state index in [1.165, 1.54) is 5.56 Å². The summed E-state index contributed by atoms with van der Waals surface area (Å²) in [4.78, 5) is 11.3. The van der Waals surface area contributed by atoms with E-state index in [0.29, 0.717) is 13.0 Å². The molecule has 1 amide bonds.